The second-order valence-corrected chi connectivity index (χ2v) is 4.83. The van der Waals surface area contributed by atoms with E-state index in [4.69, 9.17) is 10.5 Å². The second-order valence-electron chi connectivity index (χ2n) is 4.83. The fraction of sp³-hybridized carbons (Fsp3) is 0.333. The Bertz CT molecular complexity index is 567. The molecule has 0 amide bonds. The smallest absolute Gasteiger partial charge is 0.238 e. The Hall–Kier alpha value is -1.94. The van der Waals surface area contributed by atoms with Gasteiger partial charge in [0.1, 0.15) is 5.75 Å². The molecule has 4 nitrogen and oxygen atoms in total. The van der Waals surface area contributed by atoms with E-state index in [-0.39, 0.29) is 0 Å². The summed E-state index contributed by atoms with van der Waals surface area (Å²) in [6.07, 6.45) is 3.23. The van der Waals surface area contributed by atoms with Crippen LogP contribution in [0.1, 0.15) is 36.6 Å². The molecule has 0 aliphatic carbocycles. The third kappa shape index (κ3) is 3.29. The van der Waals surface area contributed by atoms with Gasteiger partial charge in [0.05, 0.1) is 11.9 Å². The van der Waals surface area contributed by atoms with Crippen molar-refractivity contribution in [1.82, 2.24) is 9.97 Å². The predicted octanol–water partition coefficient (Wildman–Crippen LogP) is 3.16. The Morgan fingerprint density at radius 2 is 2.05 bits per heavy atom. The Kier molecular flexibility index (Phi) is 4.12. The van der Waals surface area contributed by atoms with Crippen molar-refractivity contribution in [3.63, 3.8) is 0 Å². The molecule has 2 N–H and O–H groups in total. The summed E-state index contributed by atoms with van der Waals surface area (Å²) in [5.41, 5.74) is 8.79. The van der Waals surface area contributed by atoms with E-state index in [2.05, 4.69) is 36.8 Å². The zero-order chi connectivity index (χ0) is 13.8. The summed E-state index contributed by atoms with van der Waals surface area (Å²) < 4.78 is 5.71. The average Bonchev–Trinajstić information content (AvgIpc) is 2.38. The lowest BCUT2D eigenvalue weighted by atomic mass is 9.98. The van der Waals surface area contributed by atoms with Crippen molar-refractivity contribution in [2.75, 3.05) is 0 Å². The first-order valence-electron chi connectivity index (χ1n) is 6.39. The fourth-order valence-electron chi connectivity index (χ4n) is 2.01. The lowest BCUT2D eigenvalue weighted by Gasteiger charge is -2.12. The number of aryl methyl sites for hydroxylation is 1. The summed E-state index contributed by atoms with van der Waals surface area (Å²) in [5, 5.41) is 0. The van der Waals surface area contributed by atoms with Crippen LogP contribution in [0.5, 0.6) is 11.6 Å². The number of hydrogen-bond acceptors (Lipinski definition) is 4. The molecule has 0 saturated heterocycles. The van der Waals surface area contributed by atoms with Crippen LogP contribution in [0, 0.1) is 6.92 Å². The normalized spacial score (nSPS) is 10.8. The van der Waals surface area contributed by atoms with E-state index in [0.717, 1.165) is 5.75 Å². The monoisotopic (exact) mass is 257 g/mol. The van der Waals surface area contributed by atoms with Crippen molar-refractivity contribution in [3.05, 3.63) is 47.4 Å². The molecular formula is C15H19N3O. The van der Waals surface area contributed by atoms with Crippen LogP contribution < -0.4 is 10.5 Å². The van der Waals surface area contributed by atoms with Gasteiger partial charge >= 0.3 is 0 Å². The van der Waals surface area contributed by atoms with Crippen LogP contribution in [0.15, 0.2) is 30.6 Å². The minimum Gasteiger partial charge on any atom is -0.437 e. The standard InChI is InChI=1S/C15H19N3O/c1-10(2)14-5-4-13(6-11(14)3)19-15-9-17-8-12(7-16)18-15/h4-6,8-10H,7,16H2,1-3H3. The van der Waals surface area contributed by atoms with Crippen LogP contribution >= 0.6 is 0 Å². The Morgan fingerprint density at radius 3 is 2.68 bits per heavy atom. The maximum absolute atomic E-state index is 5.71. The minimum atomic E-state index is 0.357. The molecule has 0 unspecified atom stereocenters. The minimum absolute atomic E-state index is 0.357. The highest BCUT2D eigenvalue weighted by Crippen LogP contribution is 2.26. The van der Waals surface area contributed by atoms with Crippen LogP contribution in [-0.4, -0.2) is 9.97 Å². The largest absolute Gasteiger partial charge is 0.437 e. The van der Waals surface area contributed by atoms with Crippen molar-refractivity contribution in [1.29, 1.82) is 0 Å². The molecule has 0 radical (unpaired) electrons. The maximum atomic E-state index is 5.71. The highest BCUT2D eigenvalue weighted by Gasteiger charge is 2.06. The van der Waals surface area contributed by atoms with E-state index < -0.39 is 0 Å². The van der Waals surface area contributed by atoms with E-state index in [1.54, 1.807) is 12.4 Å². The van der Waals surface area contributed by atoms with Crippen LogP contribution in [0.3, 0.4) is 0 Å². The van der Waals surface area contributed by atoms with Crippen LogP contribution in [0.4, 0.5) is 0 Å². The van der Waals surface area contributed by atoms with Gasteiger partial charge in [-0.05, 0) is 36.1 Å². The topological polar surface area (TPSA) is 61.0 Å². The van der Waals surface area contributed by atoms with Crippen molar-refractivity contribution in [3.8, 4) is 11.6 Å². The molecule has 0 bridgehead atoms. The number of nitrogens with two attached hydrogens (primary N) is 1. The van der Waals surface area contributed by atoms with Gasteiger partial charge in [-0.2, -0.15) is 0 Å². The molecule has 2 rings (SSSR count). The van der Waals surface area contributed by atoms with Gasteiger partial charge in [0.2, 0.25) is 5.88 Å². The third-order valence-electron chi connectivity index (χ3n) is 2.96. The van der Waals surface area contributed by atoms with E-state index in [1.165, 1.54) is 11.1 Å². The van der Waals surface area contributed by atoms with Crippen molar-refractivity contribution in [2.24, 2.45) is 5.73 Å². The first kappa shape index (κ1) is 13.5. The molecule has 4 heteroatoms. The second kappa shape index (κ2) is 5.80. The summed E-state index contributed by atoms with van der Waals surface area (Å²) in [6, 6.07) is 6.07. The summed E-state index contributed by atoms with van der Waals surface area (Å²) in [7, 11) is 0. The van der Waals surface area contributed by atoms with E-state index in [9.17, 15) is 0 Å². The van der Waals surface area contributed by atoms with Crippen molar-refractivity contribution >= 4 is 0 Å². The molecule has 0 spiro atoms. The molecule has 1 heterocycles. The van der Waals surface area contributed by atoms with Crippen molar-refractivity contribution < 1.29 is 4.74 Å². The van der Waals surface area contributed by atoms with Gasteiger partial charge in [-0.25, -0.2) is 4.98 Å². The number of ether oxygens (including phenoxy) is 1. The lowest BCUT2D eigenvalue weighted by molar-refractivity contribution is 0.457. The first-order chi connectivity index (χ1) is 9.10. The van der Waals surface area contributed by atoms with Crippen molar-refractivity contribution in [2.45, 2.75) is 33.2 Å². The van der Waals surface area contributed by atoms with Crippen LogP contribution in [-0.2, 0) is 6.54 Å². The molecule has 1 aromatic heterocycles. The summed E-state index contributed by atoms with van der Waals surface area (Å²) in [5.74, 6) is 1.75. The number of nitrogens with zero attached hydrogens (tertiary/aromatic N) is 2. The van der Waals surface area contributed by atoms with Gasteiger partial charge in [0, 0.05) is 12.7 Å². The van der Waals surface area contributed by atoms with Gasteiger partial charge in [0.15, 0.2) is 0 Å². The number of benzene rings is 1. The lowest BCUT2D eigenvalue weighted by Crippen LogP contribution is -2.01. The van der Waals surface area contributed by atoms with E-state index in [0.29, 0.717) is 24.0 Å². The molecule has 100 valence electrons. The number of aromatic nitrogens is 2. The highest BCUT2D eigenvalue weighted by atomic mass is 16.5. The summed E-state index contributed by atoms with van der Waals surface area (Å²) in [6.45, 7) is 6.80. The highest BCUT2D eigenvalue weighted by molar-refractivity contribution is 5.37. The molecule has 0 aliphatic heterocycles. The maximum Gasteiger partial charge on any atom is 0.238 e. The van der Waals surface area contributed by atoms with Gasteiger partial charge < -0.3 is 10.5 Å². The zero-order valence-electron chi connectivity index (χ0n) is 11.6. The fourth-order valence-corrected chi connectivity index (χ4v) is 2.01. The van der Waals surface area contributed by atoms with Crippen LogP contribution in [0.2, 0.25) is 0 Å². The van der Waals surface area contributed by atoms with Gasteiger partial charge in [-0.15, -0.1) is 0 Å². The summed E-state index contributed by atoms with van der Waals surface area (Å²) in [4.78, 5) is 8.32. The Labute approximate surface area is 113 Å². The Morgan fingerprint density at radius 1 is 1.26 bits per heavy atom. The quantitative estimate of drug-likeness (QED) is 0.914. The molecule has 0 saturated carbocycles. The van der Waals surface area contributed by atoms with E-state index >= 15 is 0 Å². The number of hydrogen-bond donors (Lipinski definition) is 1. The van der Waals surface area contributed by atoms with Crippen LogP contribution in [0.25, 0.3) is 0 Å². The molecule has 0 atom stereocenters. The molecule has 2 aromatic rings. The van der Waals surface area contributed by atoms with Gasteiger partial charge in [-0.1, -0.05) is 19.9 Å². The molecule has 0 fully saturated rings. The zero-order valence-corrected chi connectivity index (χ0v) is 11.6. The van der Waals surface area contributed by atoms with Gasteiger partial charge in [0.25, 0.3) is 0 Å². The molecule has 0 aliphatic rings. The average molecular weight is 257 g/mol. The SMILES string of the molecule is Cc1cc(Oc2cncc(CN)n2)ccc1C(C)C. The number of rotatable bonds is 4. The third-order valence-corrected chi connectivity index (χ3v) is 2.96. The van der Waals surface area contributed by atoms with E-state index in [1.807, 2.05) is 12.1 Å². The predicted molar refractivity (Wildman–Crippen MR) is 75.3 cm³/mol. The summed E-state index contributed by atoms with van der Waals surface area (Å²) >= 11 is 0. The molecule has 19 heavy (non-hydrogen) atoms. The van der Waals surface area contributed by atoms with Gasteiger partial charge in [-0.3, -0.25) is 4.98 Å². The first-order valence-corrected chi connectivity index (χ1v) is 6.39. The molecule has 1 aromatic carbocycles. The molecular weight excluding hydrogens is 238 g/mol. The Balaban J connectivity index is 2.21.